The molecule has 8 heteroatoms. The summed E-state index contributed by atoms with van der Waals surface area (Å²) in [5.41, 5.74) is 4.34. The molecule has 0 radical (unpaired) electrons. The molecule has 0 unspecified atom stereocenters. The fourth-order valence-electron chi connectivity index (χ4n) is 3.60. The van der Waals surface area contributed by atoms with Gasteiger partial charge in [0.1, 0.15) is 5.60 Å². The Morgan fingerprint density at radius 1 is 1.10 bits per heavy atom. The van der Waals surface area contributed by atoms with Crippen LogP contribution in [0.2, 0.25) is 5.02 Å². The van der Waals surface area contributed by atoms with E-state index in [9.17, 15) is 0 Å². The van der Waals surface area contributed by atoms with Gasteiger partial charge in [-0.3, -0.25) is 4.68 Å². The van der Waals surface area contributed by atoms with Crippen LogP contribution in [-0.2, 0) is 21.6 Å². The Morgan fingerprint density at radius 2 is 1.84 bits per heavy atom. The molecule has 0 spiro atoms. The summed E-state index contributed by atoms with van der Waals surface area (Å²) in [7, 11) is 1.70. The smallest absolute Gasteiger partial charge is 0.278 e. The van der Waals surface area contributed by atoms with Gasteiger partial charge in [-0.2, -0.15) is 10.1 Å². The van der Waals surface area contributed by atoms with E-state index in [1.165, 1.54) is 0 Å². The van der Waals surface area contributed by atoms with Gasteiger partial charge in [0.2, 0.25) is 5.82 Å². The summed E-state index contributed by atoms with van der Waals surface area (Å²) in [4.78, 5) is 4.54. The van der Waals surface area contributed by atoms with Gasteiger partial charge in [-0.25, -0.2) is 0 Å². The minimum atomic E-state index is -0.352. The Hall–Kier alpha value is -3.00. The van der Waals surface area contributed by atoms with Crippen LogP contribution in [0.4, 0.5) is 0 Å². The summed E-state index contributed by atoms with van der Waals surface area (Å²) in [6, 6.07) is 17.6. The zero-order chi connectivity index (χ0) is 21.4. The molecule has 4 aromatic rings. The molecule has 2 aromatic carbocycles. The second kappa shape index (κ2) is 7.92. The molecule has 1 saturated heterocycles. The van der Waals surface area contributed by atoms with Crippen molar-refractivity contribution in [3.63, 3.8) is 0 Å². The number of halogens is 1. The van der Waals surface area contributed by atoms with Crippen LogP contribution in [0.15, 0.2) is 59.1 Å². The molecule has 5 rings (SSSR count). The predicted octanol–water partition coefficient (Wildman–Crippen LogP) is 4.48. The van der Waals surface area contributed by atoms with E-state index in [4.69, 9.17) is 25.6 Å². The standard InChI is InChI=1S/C23H21ClN4O3/c1-15-11-20(26-28(15)12-16-3-9-19(24)10-4-16)22-25-21(27-31-22)17-5-7-18(8-6-17)23(29-2)13-30-14-23/h3-11H,12-14H2,1-2H3. The third-order valence-corrected chi connectivity index (χ3v) is 5.85. The molecule has 0 N–H and O–H groups in total. The summed E-state index contributed by atoms with van der Waals surface area (Å²) in [6.45, 7) is 3.76. The number of ether oxygens (including phenoxy) is 2. The largest absolute Gasteiger partial charge is 0.375 e. The molecule has 31 heavy (non-hydrogen) atoms. The lowest BCUT2D eigenvalue weighted by Gasteiger charge is -2.40. The van der Waals surface area contributed by atoms with Crippen LogP contribution >= 0.6 is 11.6 Å². The Bertz CT molecular complexity index is 1190. The minimum absolute atomic E-state index is 0.352. The van der Waals surface area contributed by atoms with Crippen LogP contribution in [0.25, 0.3) is 23.0 Å². The van der Waals surface area contributed by atoms with Crippen molar-refractivity contribution < 1.29 is 14.0 Å². The topological polar surface area (TPSA) is 75.2 Å². The van der Waals surface area contributed by atoms with E-state index in [0.717, 1.165) is 22.4 Å². The van der Waals surface area contributed by atoms with Crippen molar-refractivity contribution in [2.24, 2.45) is 0 Å². The molecule has 3 heterocycles. The molecule has 0 atom stereocenters. The Labute approximate surface area is 184 Å². The number of hydrogen-bond acceptors (Lipinski definition) is 6. The SMILES string of the molecule is COC1(c2ccc(-c3noc(-c4cc(C)n(Cc5ccc(Cl)cc5)n4)n3)cc2)COC1. The third kappa shape index (κ3) is 3.76. The molecule has 0 aliphatic carbocycles. The molecule has 7 nitrogen and oxygen atoms in total. The van der Waals surface area contributed by atoms with Crippen molar-refractivity contribution in [1.29, 1.82) is 0 Å². The quantitative estimate of drug-likeness (QED) is 0.443. The normalized spacial score (nSPS) is 15.1. The van der Waals surface area contributed by atoms with Gasteiger partial charge in [0, 0.05) is 23.4 Å². The molecule has 0 amide bonds. The van der Waals surface area contributed by atoms with Crippen molar-refractivity contribution in [1.82, 2.24) is 19.9 Å². The maximum Gasteiger partial charge on any atom is 0.278 e. The average Bonchev–Trinajstić information content (AvgIpc) is 3.37. The first-order chi connectivity index (χ1) is 15.1. The van der Waals surface area contributed by atoms with Crippen LogP contribution in [0, 0.1) is 6.92 Å². The molecule has 158 valence electrons. The predicted molar refractivity (Wildman–Crippen MR) is 116 cm³/mol. The summed E-state index contributed by atoms with van der Waals surface area (Å²) >= 11 is 5.97. The van der Waals surface area contributed by atoms with Crippen molar-refractivity contribution in [2.75, 3.05) is 20.3 Å². The lowest BCUT2D eigenvalue weighted by atomic mass is 9.91. The van der Waals surface area contributed by atoms with Crippen LogP contribution in [0.5, 0.6) is 0 Å². The highest BCUT2D eigenvalue weighted by atomic mass is 35.5. The van der Waals surface area contributed by atoms with Crippen molar-refractivity contribution in [3.8, 4) is 23.0 Å². The first-order valence-corrected chi connectivity index (χ1v) is 10.3. The molecule has 1 aliphatic heterocycles. The molecule has 0 bridgehead atoms. The zero-order valence-electron chi connectivity index (χ0n) is 17.2. The van der Waals surface area contributed by atoms with E-state index in [1.807, 2.05) is 66.2 Å². The van der Waals surface area contributed by atoms with Crippen LogP contribution in [0.1, 0.15) is 16.8 Å². The average molecular weight is 437 g/mol. The lowest BCUT2D eigenvalue weighted by Crippen LogP contribution is -2.48. The fourth-order valence-corrected chi connectivity index (χ4v) is 3.72. The zero-order valence-corrected chi connectivity index (χ0v) is 18.0. The van der Waals surface area contributed by atoms with Gasteiger partial charge in [0.05, 0.1) is 19.8 Å². The molecule has 1 fully saturated rings. The van der Waals surface area contributed by atoms with Crippen LogP contribution in [0.3, 0.4) is 0 Å². The van der Waals surface area contributed by atoms with Gasteiger partial charge in [-0.15, -0.1) is 0 Å². The molecule has 2 aromatic heterocycles. The highest BCUT2D eigenvalue weighted by Gasteiger charge is 2.40. The number of methoxy groups -OCH3 is 1. The maximum atomic E-state index is 5.97. The number of nitrogens with zero attached hydrogens (tertiary/aromatic N) is 4. The van der Waals surface area contributed by atoms with E-state index < -0.39 is 0 Å². The van der Waals surface area contributed by atoms with E-state index in [-0.39, 0.29) is 5.60 Å². The van der Waals surface area contributed by atoms with E-state index in [2.05, 4.69) is 15.2 Å². The summed E-state index contributed by atoms with van der Waals surface area (Å²) < 4.78 is 18.4. The second-order valence-electron chi connectivity index (χ2n) is 7.65. The summed E-state index contributed by atoms with van der Waals surface area (Å²) in [5, 5.41) is 9.49. The number of rotatable bonds is 6. The van der Waals surface area contributed by atoms with Gasteiger partial charge in [-0.1, -0.05) is 53.2 Å². The van der Waals surface area contributed by atoms with Crippen LogP contribution < -0.4 is 0 Å². The highest BCUT2D eigenvalue weighted by molar-refractivity contribution is 6.30. The van der Waals surface area contributed by atoms with Crippen molar-refractivity contribution in [2.45, 2.75) is 19.1 Å². The molecule has 0 saturated carbocycles. The number of aryl methyl sites for hydroxylation is 1. The summed E-state index contributed by atoms with van der Waals surface area (Å²) in [6.07, 6.45) is 0. The van der Waals surface area contributed by atoms with Gasteiger partial charge in [0.25, 0.3) is 5.89 Å². The Kier molecular flexibility index (Phi) is 5.09. The molecular formula is C23H21ClN4O3. The van der Waals surface area contributed by atoms with Gasteiger partial charge in [0.15, 0.2) is 5.69 Å². The minimum Gasteiger partial charge on any atom is -0.375 e. The van der Waals surface area contributed by atoms with Gasteiger partial charge in [-0.05, 0) is 36.2 Å². The third-order valence-electron chi connectivity index (χ3n) is 5.60. The first-order valence-electron chi connectivity index (χ1n) is 9.93. The first kappa shape index (κ1) is 19.9. The summed E-state index contributed by atoms with van der Waals surface area (Å²) in [5.74, 6) is 0.903. The van der Waals surface area contributed by atoms with E-state index in [1.54, 1.807) is 7.11 Å². The number of benzene rings is 2. The number of hydrogen-bond donors (Lipinski definition) is 0. The monoisotopic (exact) mass is 436 g/mol. The molecule has 1 aliphatic rings. The number of aromatic nitrogens is 4. The van der Waals surface area contributed by atoms with Crippen molar-refractivity contribution in [3.05, 3.63) is 76.4 Å². The molecular weight excluding hydrogens is 416 g/mol. The Morgan fingerprint density at radius 3 is 2.48 bits per heavy atom. The van der Waals surface area contributed by atoms with Gasteiger partial charge >= 0.3 is 0 Å². The lowest BCUT2D eigenvalue weighted by molar-refractivity contribution is -0.202. The second-order valence-corrected chi connectivity index (χ2v) is 8.08. The maximum absolute atomic E-state index is 5.97. The van der Waals surface area contributed by atoms with Crippen LogP contribution in [-0.4, -0.2) is 40.2 Å². The Balaban J connectivity index is 1.35. The van der Waals surface area contributed by atoms with Gasteiger partial charge < -0.3 is 14.0 Å². The van der Waals surface area contributed by atoms with Crippen molar-refractivity contribution >= 4 is 11.6 Å². The van der Waals surface area contributed by atoms with E-state index >= 15 is 0 Å². The van der Waals surface area contributed by atoms with E-state index in [0.29, 0.717) is 42.2 Å². The fraction of sp³-hybridized carbons (Fsp3) is 0.261. The highest BCUT2D eigenvalue weighted by Crippen LogP contribution is 2.34.